The fourth-order valence-electron chi connectivity index (χ4n) is 2.44. The van der Waals surface area contributed by atoms with E-state index in [1.54, 1.807) is 12.1 Å². The molecule has 1 aromatic carbocycles. The predicted octanol–water partition coefficient (Wildman–Crippen LogP) is -4.83. The van der Waals surface area contributed by atoms with Gasteiger partial charge in [-0.15, -0.1) is 0 Å². The topological polar surface area (TPSA) is 94.1 Å². The van der Waals surface area contributed by atoms with E-state index < -0.39 is 18.0 Å². The van der Waals surface area contributed by atoms with Gasteiger partial charge in [-0.3, -0.25) is 4.90 Å². The Bertz CT molecular complexity index is 620. The molecule has 0 radical (unpaired) electrons. The van der Waals surface area contributed by atoms with Crippen molar-refractivity contribution in [1.82, 2.24) is 4.90 Å². The number of allylic oxidation sites excluding steroid dienone is 2. The Balaban J connectivity index is 0.00000312. The number of likely N-dealkylation sites (tertiary alicyclic amines) is 1. The van der Waals surface area contributed by atoms with E-state index in [2.05, 4.69) is 0 Å². The van der Waals surface area contributed by atoms with E-state index in [1.165, 1.54) is 14.2 Å². The molecule has 1 aliphatic heterocycles. The van der Waals surface area contributed by atoms with Crippen LogP contribution in [0, 0.1) is 0 Å². The maximum atomic E-state index is 12.5. The van der Waals surface area contributed by atoms with Gasteiger partial charge in [-0.05, 0) is 39.0 Å². The van der Waals surface area contributed by atoms with E-state index in [1.807, 2.05) is 18.2 Å². The van der Waals surface area contributed by atoms with Crippen LogP contribution in [-0.2, 0) is 20.8 Å². The van der Waals surface area contributed by atoms with Crippen LogP contribution in [0.3, 0.4) is 0 Å². The normalized spacial score (nSPS) is 17.2. The Morgan fingerprint density at radius 3 is 1.96 bits per heavy atom. The molecule has 9 heteroatoms. The van der Waals surface area contributed by atoms with Crippen molar-refractivity contribution in [1.29, 1.82) is 0 Å². The molecule has 1 heterocycles. The number of benzene rings is 1. The van der Waals surface area contributed by atoms with Gasteiger partial charge in [0.05, 0.1) is 23.3 Å². The number of ether oxygens (including phenoxy) is 3. The minimum atomic E-state index is -0.806. The summed E-state index contributed by atoms with van der Waals surface area (Å²) in [5.41, 5.74) is 0.937. The SMILES string of the molecule is CO/C([O-])=C1\CCC/C(=C(/[O-])OC)N1C(=O)OCc1ccccc1.[Li+].[Li+]. The standard InChI is InChI=1S/C17H21NO6.2Li/c1-22-15(19)13-9-6-10-14(16(20)23-2)18(13)17(21)24-11-12-7-4-3-5-8-12;;/h3-5,7-8,19-20H,6,9-11H2,1-2H3;;/q;2*+1/p-2/b15-13+,16-14+;;. The summed E-state index contributed by atoms with van der Waals surface area (Å²) in [6.07, 6.45) is 0.359. The van der Waals surface area contributed by atoms with E-state index in [9.17, 15) is 15.0 Å². The zero-order valence-electron chi connectivity index (χ0n) is 15.6. The van der Waals surface area contributed by atoms with Crippen LogP contribution in [0.4, 0.5) is 4.79 Å². The van der Waals surface area contributed by atoms with Crippen LogP contribution in [0.1, 0.15) is 24.8 Å². The zero-order chi connectivity index (χ0) is 17.5. The predicted molar refractivity (Wildman–Crippen MR) is 80.4 cm³/mol. The first-order chi connectivity index (χ1) is 11.6. The Hall–Kier alpha value is -1.64. The van der Waals surface area contributed by atoms with E-state index >= 15 is 0 Å². The number of amides is 1. The molecule has 0 bridgehead atoms. The van der Waals surface area contributed by atoms with Gasteiger partial charge in [-0.25, -0.2) is 4.79 Å². The van der Waals surface area contributed by atoms with Gasteiger partial charge < -0.3 is 24.4 Å². The largest absolute Gasteiger partial charge is 1.00 e. The van der Waals surface area contributed by atoms with Crippen molar-refractivity contribution in [2.24, 2.45) is 0 Å². The third-order valence-corrected chi connectivity index (χ3v) is 3.60. The van der Waals surface area contributed by atoms with Crippen molar-refractivity contribution in [3.63, 3.8) is 0 Å². The molecule has 2 rings (SSSR count). The van der Waals surface area contributed by atoms with Crippen molar-refractivity contribution in [3.8, 4) is 0 Å². The van der Waals surface area contributed by atoms with Crippen LogP contribution in [0.15, 0.2) is 53.6 Å². The van der Waals surface area contributed by atoms with Crippen molar-refractivity contribution < 1.29 is 66.9 Å². The molecule has 7 nitrogen and oxygen atoms in total. The molecule has 0 spiro atoms. The first kappa shape index (κ1) is 24.4. The maximum absolute atomic E-state index is 12.5. The monoisotopic (exact) mass is 347 g/mol. The van der Waals surface area contributed by atoms with Gasteiger partial charge in [0, 0.05) is 0 Å². The molecule has 0 aromatic heterocycles. The zero-order valence-corrected chi connectivity index (χ0v) is 15.6. The first-order valence-corrected chi connectivity index (χ1v) is 7.47. The van der Waals surface area contributed by atoms with Gasteiger partial charge in [-0.2, -0.15) is 0 Å². The minimum Gasteiger partial charge on any atom is -0.615 e. The average molecular weight is 347 g/mol. The Kier molecular flexibility index (Phi) is 11.1. The molecule has 0 atom stereocenters. The van der Waals surface area contributed by atoms with Crippen molar-refractivity contribution in [3.05, 3.63) is 59.2 Å². The number of carbonyl (C=O) groups is 1. The van der Waals surface area contributed by atoms with Crippen molar-refractivity contribution >= 4 is 6.09 Å². The van der Waals surface area contributed by atoms with Crippen LogP contribution >= 0.6 is 0 Å². The second-order valence-corrected chi connectivity index (χ2v) is 5.11. The molecule has 1 amide bonds. The summed E-state index contributed by atoms with van der Waals surface area (Å²) in [5.74, 6) is -1.35. The fourth-order valence-corrected chi connectivity index (χ4v) is 2.44. The minimum absolute atomic E-state index is 0. The number of rotatable bonds is 4. The fraction of sp³-hybridized carbons (Fsp3) is 0.353. The molecule has 1 fully saturated rings. The molecule has 1 aromatic rings. The third-order valence-electron chi connectivity index (χ3n) is 3.60. The van der Waals surface area contributed by atoms with E-state index in [-0.39, 0.29) is 55.7 Å². The third kappa shape index (κ3) is 5.97. The summed E-state index contributed by atoms with van der Waals surface area (Å²) in [7, 11) is 2.43. The summed E-state index contributed by atoms with van der Waals surface area (Å²) < 4.78 is 14.7. The summed E-state index contributed by atoms with van der Waals surface area (Å²) in [4.78, 5) is 13.5. The second kappa shape index (κ2) is 11.9. The summed E-state index contributed by atoms with van der Waals surface area (Å²) in [6.45, 7) is 0.0269. The number of piperidine rings is 1. The van der Waals surface area contributed by atoms with Crippen molar-refractivity contribution in [2.75, 3.05) is 14.2 Å². The first-order valence-electron chi connectivity index (χ1n) is 7.47. The van der Waals surface area contributed by atoms with Crippen molar-refractivity contribution in [2.45, 2.75) is 25.9 Å². The van der Waals surface area contributed by atoms with Crippen LogP contribution in [-0.4, -0.2) is 25.2 Å². The molecule has 130 valence electrons. The van der Waals surface area contributed by atoms with Crippen LogP contribution in [0.5, 0.6) is 0 Å². The molecule has 0 saturated carbocycles. The average Bonchev–Trinajstić information content (AvgIpc) is 2.64. The number of hydrogen-bond acceptors (Lipinski definition) is 6. The number of carbonyl (C=O) groups excluding carboxylic acids is 1. The Labute approximate surface area is 177 Å². The van der Waals surface area contributed by atoms with Gasteiger partial charge in [0.25, 0.3) is 0 Å². The molecule has 0 aliphatic carbocycles. The molecule has 1 aliphatic rings. The smallest absolute Gasteiger partial charge is 0.615 e. The number of nitrogens with zero attached hydrogens (tertiary/aromatic N) is 1. The van der Waals surface area contributed by atoms with E-state index in [0.717, 1.165) is 10.5 Å². The van der Waals surface area contributed by atoms with Gasteiger partial charge in [-0.1, -0.05) is 30.3 Å². The second-order valence-electron chi connectivity index (χ2n) is 5.11. The van der Waals surface area contributed by atoms with E-state index in [0.29, 0.717) is 19.3 Å². The molecule has 26 heavy (non-hydrogen) atoms. The Morgan fingerprint density at radius 2 is 1.50 bits per heavy atom. The molecule has 1 saturated heterocycles. The van der Waals surface area contributed by atoms with E-state index in [4.69, 9.17) is 14.2 Å². The number of hydrogen-bond donors (Lipinski definition) is 0. The molecular weight excluding hydrogens is 328 g/mol. The van der Waals surface area contributed by atoms with Gasteiger partial charge in [0.15, 0.2) is 0 Å². The van der Waals surface area contributed by atoms with Crippen LogP contribution < -0.4 is 47.9 Å². The van der Waals surface area contributed by atoms with Crippen LogP contribution in [0.25, 0.3) is 0 Å². The summed E-state index contributed by atoms with van der Waals surface area (Å²) in [5, 5.41) is 23.9. The quantitative estimate of drug-likeness (QED) is 0.401. The van der Waals surface area contributed by atoms with Gasteiger partial charge in [0.1, 0.15) is 6.61 Å². The molecule has 0 N–H and O–H groups in total. The maximum Gasteiger partial charge on any atom is 1.00 e. The molecular formula is C17H19Li2NO6. The Morgan fingerprint density at radius 1 is 1.00 bits per heavy atom. The molecule has 0 unspecified atom stereocenters. The van der Waals surface area contributed by atoms with Gasteiger partial charge >= 0.3 is 43.8 Å². The summed E-state index contributed by atoms with van der Waals surface area (Å²) >= 11 is 0. The van der Waals surface area contributed by atoms with Crippen LogP contribution in [0.2, 0.25) is 0 Å². The summed E-state index contributed by atoms with van der Waals surface area (Å²) in [6, 6.07) is 9.10. The van der Waals surface area contributed by atoms with Gasteiger partial charge in [0.2, 0.25) is 0 Å². The number of methoxy groups -OCH3 is 2.